The van der Waals surface area contributed by atoms with Gasteiger partial charge in [0.05, 0.1) is 17.3 Å². The van der Waals surface area contributed by atoms with Gasteiger partial charge in [-0.2, -0.15) is 5.10 Å². The Kier molecular flexibility index (Phi) is 3.44. The molecule has 23 heavy (non-hydrogen) atoms. The number of hydrogen-bond donors (Lipinski definition) is 1. The van der Waals surface area contributed by atoms with E-state index in [4.69, 9.17) is 5.73 Å². The lowest BCUT2D eigenvalue weighted by Gasteiger charge is -2.05. The maximum atomic E-state index is 5.85. The number of nitrogen functional groups attached to an aromatic ring is 1. The fourth-order valence-corrected chi connectivity index (χ4v) is 3.17. The van der Waals surface area contributed by atoms with E-state index in [1.807, 2.05) is 30.3 Å². The molecule has 0 atom stereocenters. The molecule has 6 heteroatoms. The van der Waals surface area contributed by atoms with Crippen LogP contribution in [0.25, 0.3) is 16.7 Å². The van der Waals surface area contributed by atoms with Crippen molar-refractivity contribution in [2.24, 2.45) is 0 Å². The molecule has 0 fully saturated rings. The average molecular weight is 319 g/mol. The first-order chi connectivity index (χ1) is 11.3. The van der Waals surface area contributed by atoms with Crippen molar-refractivity contribution >= 4 is 28.6 Å². The summed E-state index contributed by atoms with van der Waals surface area (Å²) in [5.41, 5.74) is 7.50. The van der Waals surface area contributed by atoms with Gasteiger partial charge in [-0.1, -0.05) is 30.0 Å². The molecule has 0 unspecified atom stereocenters. The predicted molar refractivity (Wildman–Crippen MR) is 91.6 cm³/mol. The fourth-order valence-electron chi connectivity index (χ4n) is 2.33. The molecular weight excluding hydrogens is 306 g/mol. The van der Waals surface area contributed by atoms with Crippen molar-refractivity contribution in [1.29, 1.82) is 0 Å². The normalized spacial score (nSPS) is 11.0. The molecule has 0 bridgehead atoms. The Labute approximate surface area is 137 Å². The fraction of sp³-hybridized carbons (Fsp3) is 0. The monoisotopic (exact) mass is 319 g/mol. The third-order valence-corrected chi connectivity index (χ3v) is 4.47. The summed E-state index contributed by atoms with van der Waals surface area (Å²) in [4.78, 5) is 10.6. The largest absolute Gasteiger partial charge is 0.383 e. The Morgan fingerprint density at radius 2 is 1.61 bits per heavy atom. The van der Waals surface area contributed by atoms with Gasteiger partial charge in [-0.05, 0) is 36.4 Å². The van der Waals surface area contributed by atoms with Crippen LogP contribution in [-0.2, 0) is 0 Å². The van der Waals surface area contributed by atoms with Crippen LogP contribution in [0.2, 0.25) is 0 Å². The van der Waals surface area contributed by atoms with Crippen LogP contribution in [0.4, 0.5) is 5.82 Å². The second-order valence-corrected chi connectivity index (χ2v) is 6.11. The summed E-state index contributed by atoms with van der Waals surface area (Å²) in [6.07, 6.45) is 3.15. The van der Waals surface area contributed by atoms with Crippen LogP contribution < -0.4 is 5.73 Å². The van der Waals surface area contributed by atoms with Crippen LogP contribution >= 0.6 is 11.8 Å². The summed E-state index contributed by atoms with van der Waals surface area (Å²) in [5.74, 6) is 0.442. The van der Waals surface area contributed by atoms with Crippen molar-refractivity contribution in [3.63, 3.8) is 0 Å². The van der Waals surface area contributed by atoms with E-state index in [0.29, 0.717) is 11.5 Å². The van der Waals surface area contributed by atoms with Crippen LogP contribution in [0.5, 0.6) is 0 Å². The smallest absolute Gasteiger partial charge is 0.168 e. The average Bonchev–Trinajstić information content (AvgIpc) is 3.02. The first-order valence-corrected chi connectivity index (χ1v) is 7.90. The molecule has 0 aliphatic rings. The van der Waals surface area contributed by atoms with E-state index in [1.54, 1.807) is 22.6 Å². The maximum absolute atomic E-state index is 5.85. The molecule has 0 amide bonds. The summed E-state index contributed by atoms with van der Waals surface area (Å²) in [6, 6.07) is 18.5. The van der Waals surface area contributed by atoms with E-state index in [9.17, 15) is 0 Å². The van der Waals surface area contributed by atoms with E-state index in [-0.39, 0.29) is 0 Å². The zero-order chi connectivity index (χ0) is 15.6. The molecule has 112 valence electrons. The quantitative estimate of drug-likeness (QED) is 0.625. The zero-order valence-electron chi connectivity index (χ0n) is 12.1. The predicted octanol–water partition coefficient (Wildman–Crippen LogP) is 3.55. The van der Waals surface area contributed by atoms with Crippen molar-refractivity contribution in [3.8, 4) is 5.69 Å². The minimum atomic E-state index is 0.442. The SMILES string of the molecule is Nc1ncnc2c1cnn2-c1ccc(Sc2ccccc2)cc1. The number of nitrogens with two attached hydrogens (primary N) is 1. The Balaban J connectivity index is 1.66. The summed E-state index contributed by atoms with van der Waals surface area (Å²) < 4.78 is 1.77. The van der Waals surface area contributed by atoms with Crippen molar-refractivity contribution < 1.29 is 0 Å². The molecule has 2 aromatic carbocycles. The van der Waals surface area contributed by atoms with Gasteiger partial charge in [-0.3, -0.25) is 0 Å². The highest BCUT2D eigenvalue weighted by atomic mass is 32.2. The molecule has 2 aromatic heterocycles. The maximum Gasteiger partial charge on any atom is 0.168 e. The Morgan fingerprint density at radius 1 is 0.870 bits per heavy atom. The summed E-state index contributed by atoms with van der Waals surface area (Å²) in [6.45, 7) is 0. The second-order valence-electron chi connectivity index (χ2n) is 4.96. The van der Waals surface area contributed by atoms with Crippen molar-refractivity contribution in [3.05, 3.63) is 67.1 Å². The van der Waals surface area contributed by atoms with Crippen LogP contribution in [0, 0.1) is 0 Å². The van der Waals surface area contributed by atoms with E-state index < -0.39 is 0 Å². The lowest BCUT2D eigenvalue weighted by Crippen LogP contribution is -1.98. The molecule has 0 aliphatic carbocycles. The van der Waals surface area contributed by atoms with Gasteiger partial charge >= 0.3 is 0 Å². The molecule has 4 aromatic rings. The molecule has 0 saturated heterocycles. The number of fused-ring (bicyclic) bond motifs is 1. The summed E-state index contributed by atoms with van der Waals surface area (Å²) in [7, 11) is 0. The van der Waals surface area contributed by atoms with Gasteiger partial charge in [0.1, 0.15) is 12.1 Å². The number of nitrogens with zero attached hydrogens (tertiary/aromatic N) is 4. The van der Waals surface area contributed by atoms with Gasteiger partial charge in [0.25, 0.3) is 0 Å². The molecule has 5 nitrogen and oxygen atoms in total. The highest BCUT2D eigenvalue weighted by Crippen LogP contribution is 2.28. The number of rotatable bonds is 3. The van der Waals surface area contributed by atoms with E-state index >= 15 is 0 Å². The number of benzene rings is 2. The summed E-state index contributed by atoms with van der Waals surface area (Å²) >= 11 is 1.72. The Morgan fingerprint density at radius 3 is 2.39 bits per heavy atom. The minimum Gasteiger partial charge on any atom is -0.383 e. The van der Waals surface area contributed by atoms with E-state index in [0.717, 1.165) is 11.1 Å². The van der Waals surface area contributed by atoms with Crippen LogP contribution in [0.1, 0.15) is 0 Å². The Hall–Kier alpha value is -2.86. The molecule has 0 aliphatic heterocycles. The van der Waals surface area contributed by atoms with Crippen molar-refractivity contribution in [2.75, 3.05) is 5.73 Å². The van der Waals surface area contributed by atoms with Crippen LogP contribution in [-0.4, -0.2) is 19.7 Å². The molecule has 2 N–H and O–H groups in total. The molecule has 0 saturated carbocycles. The zero-order valence-corrected chi connectivity index (χ0v) is 12.9. The van der Waals surface area contributed by atoms with Gasteiger partial charge in [-0.15, -0.1) is 0 Å². The highest BCUT2D eigenvalue weighted by molar-refractivity contribution is 7.99. The molecule has 4 rings (SSSR count). The highest BCUT2D eigenvalue weighted by Gasteiger charge is 2.09. The van der Waals surface area contributed by atoms with Gasteiger partial charge in [0.2, 0.25) is 0 Å². The number of hydrogen-bond acceptors (Lipinski definition) is 5. The number of anilines is 1. The molecule has 0 spiro atoms. The van der Waals surface area contributed by atoms with E-state index in [2.05, 4.69) is 39.3 Å². The first kappa shape index (κ1) is 13.8. The number of aromatic nitrogens is 4. The van der Waals surface area contributed by atoms with Crippen LogP contribution in [0.15, 0.2) is 76.9 Å². The topological polar surface area (TPSA) is 69.6 Å². The third-order valence-electron chi connectivity index (χ3n) is 3.46. The minimum absolute atomic E-state index is 0.442. The van der Waals surface area contributed by atoms with E-state index in [1.165, 1.54) is 16.1 Å². The van der Waals surface area contributed by atoms with Gasteiger partial charge < -0.3 is 5.73 Å². The van der Waals surface area contributed by atoms with Gasteiger partial charge in [0.15, 0.2) is 5.65 Å². The lowest BCUT2D eigenvalue weighted by atomic mass is 10.3. The lowest BCUT2D eigenvalue weighted by molar-refractivity contribution is 0.893. The molecule has 0 radical (unpaired) electrons. The third kappa shape index (κ3) is 2.64. The molecule has 2 heterocycles. The van der Waals surface area contributed by atoms with Crippen molar-refractivity contribution in [2.45, 2.75) is 9.79 Å². The first-order valence-electron chi connectivity index (χ1n) is 7.09. The second kappa shape index (κ2) is 5.73. The van der Waals surface area contributed by atoms with Crippen molar-refractivity contribution in [1.82, 2.24) is 19.7 Å². The molecular formula is C17H13N5S. The van der Waals surface area contributed by atoms with Gasteiger partial charge in [-0.25, -0.2) is 14.6 Å². The van der Waals surface area contributed by atoms with Crippen LogP contribution in [0.3, 0.4) is 0 Å². The van der Waals surface area contributed by atoms with Gasteiger partial charge in [0, 0.05) is 9.79 Å². The summed E-state index contributed by atoms with van der Waals surface area (Å²) in [5, 5.41) is 5.13. The Bertz CT molecular complexity index is 948. The standard InChI is InChI=1S/C17H13N5S/c18-16-15-10-21-22(17(15)20-11-19-16)12-6-8-14(9-7-12)23-13-4-2-1-3-5-13/h1-11H,(H2,18,19,20).